The molecule has 7 heteroatoms. The Bertz CT molecular complexity index is 690. The average molecular weight is 315 g/mol. The predicted octanol–water partition coefficient (Wildman–Crippen LogP) is 0.314. The maximum Gasteiger partial charge on any atom is 0.488 e. The fourth-order valence-corrected chi connectivity index (χ4v) is 2.12. The van der Waals surface area contributed by atoms with Crippen LogP contribution in [0.2, 0.25) is 0 Å². The molecule has 0 spiro atoms. The third-order valence-corrected chi connectivity index (χ3v) is 3.38. The van der Waals surface area contributed by atoms with Gasteiger partial charge in [0.2, 0.25) is 0 Å². The number of hydrogen-bond donors (Lipinski definition) is 3. The van der Waals surface area contributed by atoms with Crippen LogP contribution < -0.4 is 20.3 Å². The lowest BCUT2D eigenvalue weighted by Crippen LogP contribution is -2.31. The van der Waals surface area contributed by atoms with Crippen molar-refractivity contribution in [3.05, 3.63) is 53.6 Å². The third kappa shape index (κ3) is 4.24. The Morgan fingerprint density at radius 3 is 2.57 bits per heavy atom. The van der Waals surface area contributed by atoms with E-state index in [1.54, 1.807) is 38.5 Å². The molecule has 0 bridgehead atoms. The molecule has 0 aromatic heterocycles. The molecule has 0 saturated carbocycles. The molecule has 0 aliphatic carbocycles. The third-order valence-electron chi connectivity index (χ3n) is 3.38. The van der Waals surface area contributed by atoms with Crippen LogP contribution in [0.15, 0.2) is 42.5 Å². The lowest BCUT2D eigenvalue weighted by atomic mass is 9.79. The van der Waals surface area contributed by atoms with Crippen LogP contribution in [0.1, 0.15) is 15.9 Å². The molecule has 0 unspecified atom stereocenters. The Labute approximate surface area is 134 Å². The summed E-state index contributed by atoms with van der Waals surface area (Å²) in [6.45, 7) is 0.276. The second-order valence-corrected chi connectivity index (χ2v) is 4.86. The Morgan fingerprint density at radius 2 is 1.91 bits per heavy atom. The van der Waals surface area contributed by atoms with Crippen molar-refractivity contribution >= 4 is 18.5 Å². The minimum absolute atomic E-state index is 0.264. The normalized spacial score (nSPS) is 10.1. The number of carbonyl (C=O) groups is 1. The van der Waals surface area contributed by atoms with Gasteiger partial charge in [0.25, 0.3) is 5.91 Å². The van der Waals surface area contributed by atoms with Gasteiger partial charge in [-0.1, -0.05) is 12.1 Å². The first-order valence-corrected chi connectivity index (χ1v) is 7.00. The van der Waals surface area contributed by atoms with Gasteiger partial charge in [-0.15, -0.1) is 0 Å². The molecular formula is C16H18BNO5. The molecular weight excluding hydrogens is 297 g/mol. The summed E-state index contributed by atoms with van der Waals surface area (Å²) in [6, 6.07) is 11.5. The molecule has 1 amide bonds. The van der Waals surface area contributed by atoms with Crippen molar-refractivity contribution in [2.24, 2.45) is 0 Å². The first-order chi connectivity index (χ1) is 11.0. The van der Waals surface area contributed by atoms with E-state index < -0.39 is 7.12 Å². The number of hydrogen-bond acceptors (Lipinski definition) is 5. The first kappa shape index (κ1) is 16.9. The molecule has 3 N–H and O–H groups in total. The first-order valence-electron chi connectivity index (χ1n) is 7.00. The van der Waals surface area contributed by atoms with Crippen LogP contribution in [0.25, 0.3) is 0 Å². The molecule has 2 rings (SSSR count). The van der Waals surface area contributed by atoms with E-state index in [0.717, 1.165) is 5.56 Å². The van der Waals surface area contributed by atoms with Crippen molar-refractivity contribution in [3.8, 4) is 11.5 Å². The summed E-state index contributed by atoms with van der Waals surface area (Å²) in [7, 11) is 1.51. The Balaban J connectivity index is 2.08. The Kier molecular flexibility index (Phi) is 5.62. The summed E-state index contributed by atoms with van der Waals surface area (Å²) in [5.74, 6) is 0.969. The van der Waals surface area contributed by atoms with E-state index in [2.05, 4.69) is 5.32 Å². The predicted molar refractivity (Wildman–Crippen MR) is 87.0 cm³/mol. The van der Waals surface area contributed by atoms with Gasteiger partial charge in [0.1, 0.15) is 11.5 Å². The highest BCUT2D eigenvalue weighted by Crippen LogP contribution is 2.24. The molecule has 0 fully saturated rings. The van der Waals surface area contributed by atoms with Crippen LogP contribution >= 0.6 is 0 Å². The van der Waals surface area contributed by atoms with Crippen LogP contribution in [0.5, 0.6) is 11.5 Å². The molecule has 0 aliphatic heterocycles. The molecule has 2 aromatic carbocycles. The second kappa shape index (κ2) is 7.67. The lowest BCUT2D eigenvalue weighted by Gasteiger charge is -2.11. The topological polar surface area (TPSA) is 88.0 Å². The SMILES string of the molecule is COc1ccc(CNC(=O)c2cccc(B(O)O)c2)c(OC)c1. The van der Waals surface area contributed by atoms with Gasteiger partial charge in [-0.05, 0) is 29.7 Å². The number of nitrogens with one attached hydrogen (secondary N) is 1. The smallest absolute Gasteiger partial charge is 0.488 e. The minimum atomic E-state index is -1.61. The van der Waals surface area contributed by atoms with Crippen molar-refractivity contribution in [2.45, 2.75) is 6.54 Å². The molecule has 0 radical (unpaired) electrons. The molecule has 120 valence electrons. The maximum atomic E-state index is 12.2. The quantitative estimate of drug-likeness (QED) is 0.668. The number of amides is 1. The summed E-state index contributed by atoms with van der Waals surface area (Å²) in [5.41, 5.74) is 1.42. The fourth-order valence-electron chi connectivity index (χ4n) is 2.12. The van der Waals surface area contributed by atoms with Gasteiger partial charge in [0.15, 0.2) is 0 Å². The second-order valence-electron chi connectivity index (χ2n) is 4.86. The van der Waals surface area contributed by atoms with Crippen molar-refractivity contribution in [3.63, 3.8) is 0 Å². The summed E-state index contributed by atoms with van der Waals surface area (Å²) in [5, 5.41) is 21.1. The van der Waals surface area contributed by atoms with E-state index in [4.69, 9.17) is 19.5 Å². The summed E-state index contributed by atoms with van der Waals surface area (Å²) in [4.78, 5) is 12.2. The van der Waals surface area contributed by atoms with Crippen molar-refractivity contribution in [1.82, 2.24) is 5.32 Å². The average Bonchev–Trinajstić information content (AvgIpc) is 2.59. The number of benzene rings is 2. The van der Waals surface area contributed by atoms with Crippen LogP contribution in [-0.2, 0) is 6.54 Å². The molecule has 0 aliphatic rings. The monoisotopic (exact) mass is 315 g/mol. The number of ether oxygens (including phenoxy) is 2. The summed E-state index contributed by atoms with van der Waals surface area (Å²) < 4.78 is 10.4. The maximum absolute atomic E-state index is 12.2. The molecule has 23 heavy (non-hydrogen) atoms. The van der Waals surface area contributed by atoms with E-state index >= 15 is 0 Å². The molecule has 0 atom stereocenters. The summed E-state index contributed by atoms with van der Waals surface area (Å²) >= 11 is 0. The zero-order chi connectivity index (χ0) is 16.8. The van der Waals surface area contributed by atoms with Gasteiger partial charge < -0.3 is 24.8 Å². The molecule has 0 heterocycles. The van der Waals surface area contributed by atoms with E-state index in [1.165, 1.54) is 12.1 Å². The lowest BCUT2D eigenvalue weighted by molar-refractivity contribution is 0.0951. The molecule has 2 aromatic rings. The highest BCUT2D eigenvalue weighted by Gasteiger charge is 2.14. The number of rotatable bonds is 6. The molecule has 6 nitrogen and oxygen atoms in total. The van der Waals surface area contributed by atoms with E-state index in [-0.39, 0.29) is 17.9 Å². The molecule has 0 saturated heterocycles. The Morgan fingerprint density at radius 1 is 1.13 bits per heavy atom. The standard InChI is InChI=1S/C16H18BNO5/c1-22-14-7-6-12(15(9-14)23-2)10-18-16(19)11-4-3-5-13(8-11)17(20)21/h3-9,20-21H,10H2,1-2H3,(H,18,19). The fraction of sp³-hybridized carbons (Fsp3) is 0.188. The number of carbonyl (C=O) groups excluding carboxylic acids is 1. The highest BCUT2D eigenvalue weighted by molar-refractivity contribution is 6.58. The van der Waals surface area contributed by atoms with Crippen LogP contribution in [0.4, 0.5) is 0 Å². The zero-order valence-electron chi connectivity index (χ0n) is 12.9. The van der Waals surface area contributed by atoms with Crippen molar-refractivity contribution < 1.29 is 24.3 Å². The number of methoxy groups -OCH3 is 2. The van der Waals surface area contributed by atoms with Gasteiger partial charge in [-0.2, -0.15) is 0 Å². The van der Waals surface area contributed by atoms with Gasteiger partial charge in [-0.3, -0.25) is 4.79 Å². The Hall–Kier alpha value is -2.51. The highest BCUT2D eigenvalue weighted by atomic mass is 16.5. The van der Waals surface area contributed by atoms with Crippen LogP contribution in [0.3, 0.4) is 0 Å². The van der Waals surface area contributed by atoms with E-state index in [9.17, 15) is 4.79 Å². The van der Waals surface area contributed by atoms with Gasteiger partial charge in [0.05, 0.1) is 14.2 Å². The zero-order valence-corrected chi connectivity index (χ0v) is 12.9. The van der Waals surface area contributed by atoms with Gasteiger partial charge >= 0.3 is 7.12 Å². The largest absolute Gasteiger partial charge is 0.497 e. The van der Waals surface area contributed by atoms with E-state index in [0.29, 0.717) is 17.1 Å². The minimum Gasteiger partial charge on any atom is -0.497 e. The van der Waals surface area contributed by atoms with Crippen molar-refractivity contribution in [1.29, 1.82) is 0 Å². The van der Waals surface area contributed by atoms with E-state index in [1.807, 2.05) is 6.07 Å². The van der Waals surface area contributed by atoms with Gasteiger partial charge in [0, 0.05) is 23.7 Å². The van der Waals surface area contributed by atoms with Gasteiger partial charge in [-0.25, -0.2) is 0 Å². The van der Waals surface area contributed by atoms with Crippen LogP contribution in [0, 0.1) is 0 Å². The van der Waals surface area contributed by atoms with Crippen LogP contribution in [-0.4, -0.2) is 37.3 Å². The van der Waals surface area contributed by atoms with Crippen molar-refractivity contribution in [2.75, 3.05) is 14.2 Å². The summed E-state index contributed by atoms with van der Waals surface area (Å²) in [6.07, 6.45) is 0.